The van der Waals surface area contributed by atoms with Crippen LogP contribution in [0.4, 0.5) is 21.6 Å². The number of carbonyl (C=O) groups excluding carboxylic acids is 1. The topological polar surface area (TPSA) is 66.9 Å². The summed E-state index contributed by atoms with van der Waals surface area (Å²) in [5.74, 6) is -0.510. The predicted molar refractivity (Wildman–Crippen MR) is 86.1 cm³/mol. The summed E-state index contributed by atoms with van der Waals surface area (Å²) in [4.78, 5) is 20.2. The number of carbonyl (C=O) groups is 1. The Morgan fingerprint density at radius 3 is 2.35 bits per heavy atom. The van der Waals surface area contributed by atoms with Crippen molar-refractivity contribution in [1.29, 1.82) is 0 Å². The van der Waals surface area contributed by atoms with Crippen LogP contribution in [0.5, 0.6) is 0 Å². The monoisotopic (exact) mass is 308 g/mol. The van der Waals surface area contributed by atoms with Gasteiger partial charge in [0.05, 0.1) is 18.1 Å². The number of anilines is 3. The molecule has 2 N–H and O–H groups in total. The van der Waals surface area contributed by atoms with Crippen LogP contribution in [0.3, 0.4) is 0 Å². The molecule has 3 aromatic rings. The van der Waals surface area contributed by atoms with E-state index >= 15 is 0 Å². The number of hydrogen-bond acceptors (Lipinski definition) is 4. The van der Waals surface area contributed by atoms with Crippen molar-refractivity contribution < 1.29 is 9.18 Å². The molecular formula is C17H13FN4O. The van der Waals surface area contributed by atoms with Gasteiger partial charge >= 0.3 is 0 Å². The standard InChI is InChI=1S/C17H13FN4O/c18-13-8-4-5-9-14(13)22-17(23)15-10-20-16(11-19-15)21-12-6-2-1-3-7-12/h1-11H,(H,20,21)(H,22,23). The summed E-state index contributed by atoms with van der Waals surface area (Å²) in [5.41, 5.74) is 1.07. The first-order chi connectivity index (χ1) is 11.2. The van der Waals surface area contributed by atoms with E-state index in [1.165, 1.54) is 24.5 Å². The second kappa shape index (κ2) is 6.65. The summed E-state index contributed by atoms with van der Waals surface area (Å²) in [6, 6.07) is 15.4. The van der Waals surface area contributed by atoms with Crippen molar-refractivity contribution in [3.05, 3.63) is 78.5 Å². The van der Waals surface area contributed by atoms with E-state index in [4.69, 9.17) is 0 Å². The molecule has 23 heavy (non-hydrogen) atoms. The Morgan fingerprint density at radius 1 is 0.913 bits per heavy atom. The van der Waals surface area contributed by atoms with Crippen LogP contribution in [0.25, 0.3) is 0 Å². The third kappa shape index (κ3) is 3.68. The van der Waals surface area contributed by atoms with Gasteiger partial charge in [0, 0.05) is 5.69 Å². The highest BCUT2D eigenvalue weighted by Gasteiger charge is 2.10. The zero-order valence-corrected chi connectivity index (χ0v) is 12.0. The van der Waals surface area contributed by atoms with Crippen LogP contribution >= 0.6 is 0 Å². The van der Waals surface area contributed by atoms with Crippen LogP contribution < -0.4 is 10.6 Å². The van der Waals surface area contributed by atoms with E-state index in [-0.39, 0.29) is 11.4 Å². The minimum Gasteiger partial charge on any atom is -0.339 e. The van der Waals surface area contributed by atoms with Crippen LogP contribution in [0.1, 0.15) is 10.5 Å². The largest absolute Gasteiger partial charge is 0.339 e. The Balaban J connectivity index is 1.69. The molecule has 0 aliphatic heterocycles. The van der Waals surface area contributed by atoms with E-state index < -0.39 is 11.7 Å². The minimum absolute atomic E-state index is 0.103. The molecule has 1 aromatic heterocycles. The van der Waals surface area contributed by atoms with Crippen molar-refractivity contribution in [3.63, 3.8) is 0 Å². The smallest absolute Gasteiger partial charge is 0.275 e. The van der Waals surface area contributed by atoms with E-state index in [2.05, 4.69) is 20.6 Å². The molecule has 1 heterocycles. The zero-order valence-electron chi connectivity index (χ0n) is 12.0. The maximum absolute atomic E-state index is 13.5. The number of benzene rings is 2. The van der Waals surface area contributed by atoms with Gasteiger partial charge in [-0.3, -0.25) is 4.79 Å². The van der Waals surface area contributed by atoms with Crippen molar-refractivity contribution >= 4 is 23.1 Å². The molecule has 0 fully saturated rings. The molecule has 0 aliphatic rings. The molecule has 0 unspecified atom stereocenters. The Bertz CT molecular complexity index is 806. The summed E-state index contributed by atoms with van der Waals surface area (Å²) < 4.78 is 13.5. The van der Waals surface area contributed by atoms with Crippen LogP contribution in [0.2, 0.25) is 0 Å². The molecule has 0 bridgehead atoms. The predicted octanol–water partition coefficient (Wildman–Crippen LogP) is 3.61. The molecule has 0 saturated carbocycles. The highest BCUT2D eigenvalue weighted by atomic mass is 19.1. The van der Waals surface area contributed by atoms with Crippen molar-refractivity contribution in [2.24, 2.45) is 0 Å². The lowest BCUT2D eigenvalue weighted by atomic mass is 10.3. The summed E-state index contributed by atoms with van der Waals surface area (Å²) in [6.45, 7) is 0. The first-order valence-corrected chi connectivity index (χ1v) is 6.92. The summed E-state index contributed by atoms with van der Waals surface area (Å²) >= 11 is 0. The Hall–Kier alpha value is -3.28. The third-order valence-corrected chi connectivity index (χ3v) is 3.05. The van der Waals surface area contributed by atoms with Crippen molar-refractivity contribution in [3.8, 4) is 0 Å². The van der Waals surface area contributed by atoms with Gasteiger partial charge in [0.2, 0.25) is 0 Å². The molecule has 5 nitrogen and oxygen atoms in total. The van der Waals surface area contributed by atoms with Crippen LogP contribution in [0.15, 0.2) is 67.0 Å². The van der Waals surface area contributed by atoms with E-state index in [9.17, 15) is 9.18 Å². The number of nitrogens with zero attached hydrogens (tertiary/aromatic N) is 2. The van der Waals surface area contributed by atoms with Gasteiger partial charge in [-0.25, -0.2) is 14.4 Å². The number of rotatable bonds is 4. The van der Waals surface area contributed by atoms with E-state index in [0.717, 1.165) is 5.69 Å². The molecule has 3 rings (SSSR count). The first-order valence-electron chi connectivity index (χ1n) is 6.92. The molecule has 0 radical (unpaired) electrons. The number of nitrogens with one attached hydrogen (secondary N) is 2. The second-order valence-corrected chi connectivity index (χ2v) is 4.71. The number of para-hydroxylation sites is 2. The molecule has 0 saturated heterocycles. The fourth-order valence-electron chi connectivity index (χ4n) is 1.93. The highest BCUT2D eigenvalue weighted by Crippen LogP contribution is 2.15. The number of hydrogen-bond donors (Lipinski definition) is 2. The average Bonchev–Trinajstić information content (AvgIpc) is 2.58. The van der Waals surface area contributed by atoms with Gasteiger partial charge in [-0.2, -0.15) is 0 Å². The van der Waals surface area contributed by atoms with E-state index in [1.54, 1.807) is 12.1 Å². The Morgan fingerprint density at radius 2 is 1.65 bits per heavy atom. The maximum atomic E-state index is 13.5. The lowest BCUT2D eigenvalue weighted by Gasteiger charge is -2.07. The lowest BCUT2D eigenvalue weighted by Crippen LogP contribution is -2.15. The molecule has 0 aliphatic carbocycles. The van der Waals surface area contributed by atoms with Gasteiger partial charge in [0.25, 0.3) is 5.91 Å². The normalized spacial score (nSPS) is 10.1. The van der Waals surface area contributed by atoms with E-state index in [1.807, 2.05) is 30.3 Å². The Kier molecular flexibility index (Phi) is 4.24. The number of amides is 1. The number of halogens is 1. The molecular weight excluding hydrogens is 295 g/mol. The molecule has 6 heteroatoms. The van der Waals surface area contributed by atoms with Crippen molar-refractivity contribution in [1.82, 2.24) is 9.97 Å². The molecule has 0 atom stereocenters. The van der Waals surface area contributed by atoms with Gasteiger partial charge in [-0.15, -0.1) is 0 Å². The molecule has 2 aromatic carbocycles. The number of aromatic nitrogens is 2. The van der Waals surface area contributed by atoms with Gasteiger partial charge in [-0.05, 0) is 24.3 Å². The van der Waals surface area contributed by atoms with Crippen molar-refractivity contribution in [2.45, 2.75) is 0 Å². The van der Waals surface area contributed by atoms with Gasteiger partial charge in [0.1, 0.15) is 17.3 Å². The fourth-order valence-corrected chi connectivity index (χ4v) is 1.93. The highest BCUT2D eigenvalue weighted by molar-refractivity contribution is 6.02. The summed E-state index contributed by atoms with van der Waals surface area (Å²) in [5, 5.41) is 5.52. The Labute approximate surface area is 132 Å². The molecule has 1 amide bonds. The quantitative estimate of drug-likeness (QED) is 0.772. The van der Waals surface area contributed by atoms with Gasteiger partial charge in [-0.1, -0.05) is 30.3 Å². The lowest BCUT2D eigenvalue weighted by molar-refractivity contribution is 0.102. The summed E-state index contributed by atoms with van der Waals surface area (Å²) in [6.07, 6.45) is 2.78. The summed E-state index contributed by atoms with van der Waals surface area (Å²) in [7, 11) is 0. The van der Waals surface area contributed by atoms with Crippen LogP contribution in [-0.2, 0) is 0 Å². The molecule has 0 spiro atoms. The average molecular weight is 308 g/mol. The second-order valence-electron chi connectivity index (χ2n) is 4.71. The van der Waals surface area contributed by atoms with Gasteiger partial charge < -0.3 is 10.6 Å². The first kappa shape index (κ1) is 14.6. The fraction of sp³-hybridized carbons (Fsp3) is 0. The molecule has 114 valence electrons. The minimum atomic E-state index is -0.520. The van der Waals surface area contributed by atoms with Crippen molar-refractivity contribution in [2.75, 3.05) is 10.6 Å². The van der Waals surface area contributed by atoms with E-state index in [0.29, 0.717) is 5.82 Å². The zero-order chi connectivity index (χ0) is 16.1. The van der Waals surface area contributed by atoms with Gasteiger partial charge in [0.15, 0.2) is 0 Å². The SMILES string of the molecule is O=C(Nc1ccccc1F)c1cnc(Nc2ccccc2)cn1. The maximum Gasteiger partial charge on any atom is 0.275 e. The third-order valence-electron chi connectivity index (χ3n) is 3.05. The van der Waals surface area contributed by atoms with Crippen LogP contribution in [-0.4, -0.2) is 15.9 Å². The van der Waals surface area contributed by atoms with Crippen LogP contribution in [0, 0.1) is 5.82 Å².